The van der Waals surface area contributed by atoms with Gasteiger partial charge in [0.1, 0.15) is 5.75 Å². The largest absolute Gasteiger partial charge is 0.508 e. The Morgan fingerprint density at radius 1 is 1.25 bits per heavy atom. The van der Waals surface area contributed by atoms with E-state index in [4.69, 9.17) is 0 Å². The molecular weight excluding hydrogens is 246 g/mol. The zero-order valence-electron chi connectivity index (χ0n) is 12.6. The summed E-state index contributed by atoms with van der Waals surface area (Å²) in [5.41, 5.74) is 3.06. The Bertz CT molecular complexity index is 532. The van der Waals surface area contributed by atoms with Gasteiger partial charge in [0.15, 0.2) is 0 Å². The van der Waals surface area contributed by atoms with E-state index >= 15 is 0 Å². The van der Waals surface area contributed by atoms with E-state index in [1.165, 1.54) is 49.9 Å². The van der Waals surface area contributed by atoms with Gasteiger partial charge in [0, 0.05) is 12.6 Å². The molecule has 0 aromatic heterocycles. The molecule has 2 fully saturated rings. The minimum atomic E-state index is 0.195. The van der Waals surface area contributed by atoms with Crippen LogP contribution in [0.25, 0.3) is 0 Å². The van der Waals surface area contributed by atoms with Gasteiger partial charge in [-0.25, -0.2) is 0 Å². The third-order valence-corrected chi connectivity index (χ3v) is 5.90. The van der Waals surface area contributed by atoms with Crippen LogP contribution >= 0.6 is 0 Å². The normalized spacial score (nSPS) is 31.9. The third-order valence-electron chi connectivity index (χ3n) is 5.90. The van der Waals surface area contributed by atoms with Crippen LogP contribution in [0.2, 0.25) is 0 Å². The molecule has 2 heteroatoms. The number of phenolic OH excluding ortho intramolecular Hbond substituents is 1. The first kappa shape index (κ1) is 12.7. The molecule has 2 nitrogen and oxygen atoms in total. The number of hydrogen-bond donors (Lipinski definition) is 1. The predicted molar refractivity (Wildman–Crippen MR) is 80.9 cm³/mol. The molecule has 0 radical (unpaired) electrons. The Labute approximate surface area is 121 Å². The van der Waals surface area contributed by atoms with Crippen molar-refractivity contribution < 1.29 is 5.11 Å². The first-order chi connectivity index (χ1) is 9.57. The number of piperidine rings is 1. The van der Waals surface area contributed by atoms with Crippen LogP contribution < -0.4 is 0 Å². The first-order valence-corrected chi connectivity index (χ1v) is 8.15. The zero-order valence-corrected chi connectivity index (χ0v) is 12.6. The fourth-order valence-electron chi connectivity index (χ4n) is 4.63. The van der Waals surface area contributed by atoms with Gasteiger partial charge in [0.05, 0.1) is 0 Å². The Morgan fingerprint density at radius 3 is 2.80 bits per heavy atom. The molecule has 1 saturated heterocycles. The molecule has 3 aliphatic rings. The van der Waals surface area contributed by atoms with E-state index in [1.807, 2.05) is 12.1 Å². The third kappa shape index (κ3) is 1.81. The van der Waals surface area contributed by atoms with Crippen molar-refractivity contribution in [3.05, 3.63) is 29.3 Å². The minimum absolute atomic E-state index is 0.195. The van der Waals surface area contributed by atoms with E-state index < -0.39 is 0 Å². The maximum absolute atomic E-state index is 9.87. The molecule has 2 atom stereocenters. The van der Waals surface area contributed by atoms with E-state index in [9.17, 15) is 5.11 Å². The molecular formula is C18H25NO. The first-order valence-electron chi connectivity index (χ1n) is 8.15. The van der Waals surface area contributed by atoms with Crippen LogP contribution in [0.15, 0.2) is 18.2 Å². The molecule has 1 aliphatic heterocycles. The minimum Gasteiger partial charge on any atom is -0.508 e. The summed E-state index contributed by atoms with van der Waals surface area (Å²) in [6.45, 7) is 7.29. The molecule has 1 aromatic carbocycles. The maximum atomic E-state index is 9.87. The lowest BCUT2D eigenvalue weighted by Gasteiger charge is -2.42. The van der Waals surface area contributed by atoms with Crippen LogP contribution in [0.4, 0.5) is 0 Å². The highest BCUT2D eigenvalue weighted by Gasteiger charge is 2.50. The topological polar surface area (TPSA) is 23.5 Å². The molecule has 2 aliphatic carbocycles. The number of nitrogens with zero attached hydrogens (tertiary/aromatic N) is 1. The Kier molecular flexibility index (Phi) is 2.69. The van der Waals surface area contributed by atoms with Crippen molar-refractivity contribution in [1.29, 1.82) is 0 Å². The molecule has 0 amide bonds. The monoisotopic (exact) mass is 271 g/mol. The van der Waals surface area contributed by atoms with Crippen LogP contribution in [0.5, 0.6) is 5.75 Å². The van der Waals surface area contributed by atoms with Crippen LogP contribution in [0, 0.1) is 11.8 Å². The van der Waals surface area contributed by atoms with E-state index in [-0.39, 0.29) is 5.41 Å². The van der Waals surface area contributed by atoms with Crippen molar-refractivity contribution in [3.63, 3.8) is 0 Å². The van der Waals surface area contributed by atoms with E-state index in [2.05, 4.69) is 24.8 Å². The Balaban J connectivity index is 1.76. The molecule has 108 valence electrons. The highest BCUT2D eigenvalue weighted by molar-refractivity contribution is 5.47. The second-order valence-electron chi connectivity index (χ2n) is 7.63. The molecule has 0 unspecified atom stereocenters. The molecule has 4 rings (SSSR count). The number of fused-ring (bicyclic) bond motifs is 3. The van der Waals surface area contributed by atoms with Gasteiger partial charge in [0.2, 0.25) is 0 Å². The second-order valence-corrected chi connectivity index (χ2v) is 7.63. The second kappa shape index (κ2) is 4.24. The van der Waals surface area contributed by atoms with Gasteiger partial charge in [-0.15, -0.1) is 0 Å². The highest BCUT2D eigenvalue weighted by Crippen LogP contribution is 2.56. The lowest BCUT2D eigenvalue weighted by Crippen LogP contribution is -2.41. The SMILES string of the molecule is CC1(C)c2cc(O)ccc2[C@@H]2[C@@H]1CCCN2CC1CC1. The van der Waals surface area contributed by atoms with Gasteiger partial charge in [-0.1, -0.05) is 19.9 Å². The van der Waals surface area contributed by atoms with Crippen LogP contribution in [0.1, 0.15) is 56.7 Å². The van der Waals surface area contributed by atoms with Gasteiger partial charge in [0.25, 0.3) is 0 Å². The van der Waals surface area contributed by atoms with E-state index in [0.29, 0.717) is 17.7 Å². The van der Waals surface area contributed by atoms with Crippen molar-refractivity contribution in [2.45, 2.75) is 51.0 Å². The fourth-order valence-corrected chi connectivity index (χ4v) is 4.63. The number of aromatic hydroxyl groups is 1. The van der Waals surface area contributed by atoms with Crippen LogP contribution in [0.3, 0.4) is 0 Å². The Hall–Kier alpha value is -1.02. The number of phenols is 1. The summed E-state index contributed by atoms with van der Waals surface area (Å²) in [7, 11) is 0. The summed E-state index contributed by atoms with van der Waals surface area (Å²) in [6.07, 6.45) is 5.52. The molecule has 1 N–H and O–H groups in total. The lowest BCUT2D eigenvalue weighted by atomic mass is 9.73. The average Bonchev–Trinajstić information content (AvgIpc) is 3.19. The molecule has 1 heterocycles. The zero-order chi connectivity index (χ0) is 13.9. The summed E-state index contributed by atoms with van der Waals surface area (Å²) in [6, 6.07) is 6.67. The molecule has 1 aromatic rings. The van der Waals surface area contributed by atoms with Gasteiger partial charge < -0.3 is 5.11 Å². The lowest BCUT2D eigenvalue weighted by molar-refractivity contribution is 0.0690. The van der Waals surface area contributed by atoms with Crippen molar-refractivity contribution in [1.82, 2.24) is 4.90 Å². The smallest absolute Gasteiger partial charge is 0.115 e. The summed E-state index contributed by atoms with van der Waals surface area (Å²) >= 11 is 0. The number of rotatable bonds is 2. The summed E-state index contributed by atoms with van der Waals surface area (Å²) in [4.78, 5) is 2.75. The fraction of sp³-hybridized carbons (Fsp3) is 0.667. The van der Waals surface area contributed by atoms with Crippen molar-refractivity contribution in [3.8, 4) is 5.75 Å². The van der Waals surface area contributed by atoms with Crippen molar-refractivity contribution in [2.24, 2.45) is 11.8 Å². The highest BCUT2D eigenvalue weighted by atomic mass is 16.3. The van der Waals surface area contributed by atoms with E-state index in [1.54, 1.807) is 0 Å². The summed E-state index contributed by atoms with van der Waals surface area (Å²) < 4.78 is 0. The summed E-state index contributed by atoms with van der Waals surface area (Å²) in [5, 5.41) is 9.87. The van der Waals surface area contributed by atoms with Crippen LogP contribution in [-0.4, -0.2) is 23.1 Å². The van der Waals surface area contributed by atoms with Crippen molar-refractivity contribution >= 4 is 0 Å². The van der Waals surface area contributed by atoms with Gasteiger partial charge in [-0.05, 0) is 72.7 Å². The van der Waals surface area contributed by atoms with Crippen molar-refractivity contribution in [2.75, 3.05) is 13.1 Å². The number of hydrogen-bond acceptors (Lipinski definition) is 2. The van der Waals surface area contributed by atoms with Gasteiger partial charge >= 0.3 is 0 Å². The average molecular weight is 271 g/mol. The van der Waals surface area contributed by atoms with Gasteiger partial charge in [-0.3, -0.25) is 4.90 Å². The number of benzene rings is 1. The quantitative estimate of drug-likeness (QED) is 0.883. The molecule has 0 bridgehead atoms. The summed E-state index contributed by atoms with van der Waals surface area (Å²) in [5.74, 6) is 2.09. The molecule has 0 spiro atoms. The molecule has 20 heavy (non-hydrogen) atoms. The Morgan fingerprint density at radius 2 is 2.05 bits per heavy atom. The maximum Gasteiger partial charge on any atom is 0.115 e. The van der Waals surface area contributed by atoms with Gasteiger partial charge in [-0.2, -0.15) is 0 Å². The predicted octanol–water partition coefficient (Wildman–Crippen LogP) is 3.85. The number of likely N-dealkylation sites (tertiary alicyclic amines) is 1. The van der Waals surface area contributed by atoms with E-state index in [0.717, 1.165) is 5.92 Å². The standard InChI is InChI=1S/C18H25NO/c1-18(2)15-4-3-9-19(11-12-5-6-12)17(15)14-8-7-13(20)10-16(14)18/h7-8,10,12,15,17,20H,3-6,9,11H2,1-2H3/t15-,17+/m0/s1. The van der Waals surface area contributed by atoms with Crippen LogP contribution in [-0.2, 0) is 5.41 Å². The molecule has 1 saturated carbocycles.